The van der Waals surface area contributed by atoms with Crippen LogP contribution >= 0.6 is 0 Å². The summed E-state index contributed by atoms with van der Waals surface area (Å²) in [4.78, 5) is 110. The molecule has 0 aromatic carbocycles. The predicted octanol–water partition coefficient (Wildman–Crippen LogP) is 1.07. The maximum atomic E-state index is 12.3. The molecule has 0 bridgehead atoms. The highest BCUT2D eigenvalue weighted by Crippen LogP contribution is 2.23. The molecule has 41 nitrogen and oxygen atoms in total. The van der Waals surface area contributed by atoms with Crippen LogP contribution < -0.4 is 21.7 Å². The van der Waals surface area contributed by atoms with Crippen LogP contribution in [0.25, 0.3) is 0 Å². The molecule has 0 heterocycles. The van der Waals surface area contributed by atoms with Crippen molar-refractivity contribution in [3.63, 3.8) is 0 Å². The molecule has 0 radical (unpaired) electrons. The van der Waals surface area contributed by atoms with Crippen molar-refractivity contribution in [1.29, 1.82) is 0 Å². The third kappa shape index (κ3) is 85.4. The fourth-order valence-electron chi connectivity index (χ4n) is 7.57. The van der Waals surface area contributed by atoms with Crippen LogP contribution in [-0.4, -0.2) is 371 Å². The van der Waals surface area contributed by atoms with E-state index in [9.17, 15) is 47.9 Å². The first-order valence-electron chi connectivity index (χ1n) is 35.7. The molecule has 0 atom stereocenters. The molecule has 0 fully saturated rings. The third-order valence-corrected chi connectivity index (χ3v) is 12.6. The van der Waals surface area contributed by atoms with Gasteiger partial charge in [-0.15, -0.1) is 0 Å². The minimum Gasteiger partial charge on any atom is -0.481 e. The van der Waals surface area contributed by atoms with Gasteiger partial charge in [0.15, 0.2) is 0 Å². The molecule has 3 amide bonds. The van der Waals surface area contributed by atoms with Gasteiger partial charge in [-0.25, -0.2) is 9.59 Å². The van der Waals surface area contributed by atoms with Crippen molar-refractivity contribution in [3.05, 3.63) is 0 Å². The van der Waals surface area contributed by atoms with Gasteiger partial charge < -0.3 is 152 Å². The van der Waals surface area contributed by atoms with Gasteiger partial charge in [-0.1, -0.05) is 0 Å². The smallest absolute Gasteiger partial charge is 0.407 e. The Bertz CT molecular complexity index is 2170. The lowest BCUT2D eigenvalue weighted by atomic mass is 9.92. The van der Waals surface area contributed by atoms with Crippen molar-refractivity contribution in [2.24, 2.45) is 16.6 Å². The number of amides is 3. The lowest BCUT2D eigenvalue weighted by molar-refractivity contribution is -0.145. The van der Waals surface area contributed by atoms with E-state index in [1.165, 1.54) is 0 Å². The van der Waals surface area contributed by atoms with E-state index >= 15 is 0 Å². The number of carbonyl (C=O) groups excluding carboxylic acids is 3. The first kappa shape index (κ1) is 107. The number of nitrogens with one attached hydrogen (secondary N) is 3. The molecule has 0 aliphatic carbocycles. The van der Waals surface area contributed by atoms with Crippen LogP contribution in [0.5, 0.6) is 0 Å². The summed E-state index contributed by atoms with van der Waals surface area (Å²) in [6.45, 7) is 19.8. The Morgan fingerprint density at radius 3 is 0.596 bits per heavy atom. The molecular formula is C68H126N4O37. The molecule has 0 aromatic rings. The number of hydrogen-bond donors (Lipinski definition) is 11. The van der Waals surface area contributed by atoms with E-state index in [0.717, 1.165) is 0 Å². The van der Waals surface area contributed by atoms with E-state index in [1.54, 1.807) is 20.8 Å². The number of hydrogen-bond acceptors (Lipinski definition) is 31. The van der Waals surface area contributed by atoms with Crippen molar-refractivity contribution < 1.29 is 178 Å². The maximum absolute atomic E-state index is 12.3. The van der Waals surface area contributed by atoms with E-state index in [1.807, 2.05) is 20.8 Å². The molecule has 41 heteroatoms. The lowest BCUT2D eigenvalue weighted by Gasteiger charge is -2.33. The Kier molecular flexibility index (Phi) is 71.5. The predicted molar refractivity (Wildman–Crippen MR) is 381 cm³/mol. The quantitative estimate of drug-likeness (QED) is 0.0379. The van der Waals surface area contributed by atoms with E-state index < -0.39 is 76.0 Å². The molecule has 109 heavy (non-hydrogen) atoms. The van der Waals surface area contributed by atoms with Gasteiger partial charge in [-0.05, 0) is 41.5 Å². The molecule has 12 N–H and O–H groups in total. The van der Waals surface area contributed by atoms with Crippen LogP contribution in [0.4, 0.5) is 9.59 Å². The highest BCUT2D eigenvalue weighted by molar-refractivity contribution is 5.76. The fourth-order valence-corrected chi connectivity index (χ4v) is 7.57. The van der Waals surface area contributed by atoms with Gasteiger partial charge in [0.25, 0.3) is 0 Å². The zero-order valence-electron chi connectivity index (χ0n) is 64.4. The van der Waals surface area contributed by atoms with Crippen LogP contribution in [0, 0.1) is 10.8 Å². The van der Waals surface area contributed by atoms with Gasteiger partial charge in [0, 0.05) is 32.6 Å². The van der Waals surface area contributed by atoms with Crippen LogP contribution in [0.2, 0.25) is 0 Å². The molecule has 0 aromatic heterocycles. The summed E-state index contributed by atoms with van der Waals surface area (Å²) in [5, 5.41) is 69.4. The van der Waals surface area contributed by atoms with Gasteiger partial charge in [0.2, 0.25) is 5.91 Å². The molecule has 0 saturated heterocycles. The average Bonchev–Trinajstić information content (AvgIpc) is 0.874. The summed E-state index contributed by atoms with van der Waals surface area (Å²) in [5.74, 6) is -7.65. The Labute approximate surface area is 637 Å². The highest BCUT2D eigenvalue weighted by atomic mass is 16.6. The number of nitrogens with two attached hydrogens (primary N) is 1. The van der Waals surface area contributed by atoms with Crippen molar-refractivity contribution in [2.75, 3.05) is 264 Å². The first-order valence-corrected chi connectivity index (χ1v) is 35.7. The summed E-state index contributed by atoms with van der Waals surface area (Å²) in [7, 11) is 0. The summed E-state index contributed by atoms with van der Waals surface area (Å²) in [6, 6.07) is 0. The van der Waals surface area contributed by atoms with Gasteiger partial charge in [-0.2, -0.15) is 0 Å². The SMILES string of the molecule is CC(C)(C)OC(=O)NCCOCCOCCOCCOCCOCCN.CC(C)(C)OC(=O)NCCOCCOCCOCCOCCOCCNC(=O)CCOCC(COCCC(=O)O)(COCCC(=O)O)COCCC(=O)O.O=C(O)CCOCC(COCCC(=O)O)(COCCC(=O)O)COCCC(=O)O. The van der Waals surface area contributed by atoms with Crippen LogP contribution in [-0.2, 0) is 133 Å². The number of alkyl carbamates (subject to hydrolysis) is 2. The van der Waals surface area contributed by atoms with Crippen LogP contribution in [0.3, 0.4) is 0 Å². The van der Waals surface area contributed by atoms with Gasteiger partial charge in [0.05, 0.1) is 294 Å². The van der Waals surface area contributed by atoms with E-state index in [4.69, 9.17) is 136 Å². The monoisotopic (exact) mass is 1590 g/mol. The third-order valence-electron chi connectivity index (χ3n) is 12.6. The van der Waals surface area contributed by atoms with E-state index in [-0.39, 0.29) is 176 Å². The normalized spacial score (nSPS) is 11.6. The van der Waals surface area contributed by atoms with E-state index in [2.05, 4.69) is 16.0 Å². The molecule has 0 spiro atoms. The molecule has 0 aliphatic rings. The number of rotatable bonds is 75. The van der Waals surface area contributed by atoms with Gasteiger partial charge in [-0.3, -0.25) is 38.4 Å². The largest absolute Gasteiger partial charge is 0.481 e. The Morgan fingerprint density at radius 2 is 0.413 bits per heavy atom. The summed E-state index contributed by atoms with van der Waals surface area (Å²) in [5.41, 5.74) is 2.23. The number of carbonyl (C=O) groups is 10. The number of ether oxygens (including phenoxy) is 20. The second kappa shape index (κ2) is 73.0. The molecule has 640 valence electrons. The van der Waals surface area contributed by atoms with Crippen molar-refractivity contribution in [1.82, 2.24) is 16.0 Å². The minimum absolute atomic E-state index is 0.0148. The topological polar surface area (TPSA) is 559 Å². The lowest BCUT2D eigenvalue weighted by Crippen LogP contribution is -2.42. The summed E-state index contributed by atoms with van der Waals surface area (Å²) in [6.07, 6.45) is -2.62. The second-order valence-electron chi connectivity index (χ2n) is 25.3. The van der Waals surface area contributed by atoms with Gasteiger partial charge in [0.1, 0.15) is 11.2 Å². The molecule has 0 aliphatic heterocycles. The molecule has 0 rings (SSSR count). The fraction of sp³-hybridized carbons (Fsp3) is 0.853. The van der Waals surface area contributed by atoms with Crippen molar-refractivity contribution >= 4 is 59.9 Å². The van der Waals surface area contributed by atoms with Crippen molar-refractivity contribution in [2.45, 2.75) is 104 Å². The zero-order valence-corrected chi connectivity index (χ0v) is 64.4. The Morgan fingerprint density at radius 1 is 0.239 bits per heavy atom. The molecular weight excluding hydrogens is 1460 g/mol. The summed E-state index contributed by atoms with van der Waals surface area (Å²) < 4.78 is 108. The minimum atomic E-state index is -1.05. The van der Waals surface area contributed by atoms with Crippen LogP contribution in [0.1, 0.15) is 92.9 Å². The highest BCUT2D eigenvalue weighted by Gasteiger charge is 2.35. The zero-order chi connectivity index (χ0) is 82.0. The molecule has 0 unspecified atom stereocenters. The number of carboxylic acid groups (broad SMARTS) is 7. The van der Waals surface area contributed by atoms with E-state index in [0.29, 0.717) is 145 Å². The van der Waals surface area contributed by atoms with Crippen LogP contribution in [0.15, 0.2) is 0 Å². The Balaban J connectivity index is -0.00000171. The maximum Gasteiger partial charge on any atom is 0.407 e. The van der Waals surface area contributed by atoms with Gasteiger partial charge >= 0.3 is 54.0 Å². The van der Waals surface area contributed by atoms with Crippen molar-refractivity contribution in [3.8, 4) is 0 Å². The second-order valence-corrected chi connectivity index (χ2v) is 25.3. The number of aliphatic carboxylic acids is 7. The molecule has 0 saturated carbocycles. The number of carboxylic acids is 7. The average molecular weight is 1590 g/mol. The Hall–Kier alpha value is -6.46. The first-order chi connectivity index (χ1) is 51.9. The summed E-state index contributed by atoms with van der Waals surface area (Å²) >= 11 is 0. The standard InChI is InChI=1S/C34H62N2O18.C17H36N2O7.C17H28O12/c1-33(2,3)54-32(44)36-9-15-46-17-19-48-21-23-49-22-20-47-18-16-45-14-8-35-28(37)4-10-50-24-34(25-51-11-5-29(38)39,26-52-12-6-30(40)41)27-53-13-7-31(42)43;1-17(2,3)26-16(20)19-5-7-22-9-11-24-13-15-25-14-12-23-10-8-21-6-4-18;18-13(19)1-5-26-9-17(10-27-6-2-14(20)21,11-28-7-3-15(22)23)12-29-8-4-16(24)25/h4-27H2,1-3H3,(H,35,37)(H,36,44)(H,38,39)(H,40,41)(H,42,43);4-15,18H2,1-3H3,(H,19,20);1-12H2,(H,18,19)(H,20,21)(H,22,23)(H,24,25).